The molecule has 0 saturated heterocycles. The van der Waals surface area contributed by atoms with Crippen molar-refractivity contribution in [2.24, 2.45) is 17.6 Å². The van der Waals surface area contributed by atoms with E-state index in [9.17, 15) is 24.3 Å². The van der Waals surface area contributed by atoms with E-state index in [-0.39, 0.29) is 18.3 Å². The van der Waals surface area contributed by atoms with Crippen LogP contribution in [0.4, 0.5) is 0 Å². The molecule has 11 nitrogen and oxygen atoms in total. The quantitative estimate of drug-likeness (QED) is 0.255. The fraction of sp³-hybridized carbons (Fsp3) is 0.650. The van der Waals surface area contributed by atoms with Gasteiger partial charge in [-0.3, -0.25) is 14.4 Å². The molecule has 0 bridgehead atoms. The van der Waals surface area contributed by atoms with E-state index in [0.717, 1.165) is 0 Å². The molecule has 1 rings (SSSR count). The standard InChI is InChI=1S/C20H34N6O5/c1-10(2)6-14(19(29)26-16(11(3)4)20(30)31)25-18(28)15(24-17(27)12(5)21)7-13-8-22-9-23-13/h8-12,14-16H,6-7,21H2,1-5H3,(H,22,23)(H,24,27)(H,25,28)(H,26,29)(H,30,31). The number of carboxylic acid groups (broad SMARTS) is 1. The molecule has 11 heteroatoms. The zero-order valence-electron chi connectivity index (χ0n) is 18.6. The third kappa shape index (κ3) is 8.75. The first-order valence-electron chi connectivity index (χ1n) is 10.3. The fourth-order valence-electron chi connectivity index (χ4n) is 2.87. The van der Waals surface area contributed by atoms with E-state index in [1.807, 2.05) is 13.8 Å². The van der Waals surface area contributed by atoms with Crippen molar-refractivity contribution in [2.45, 2.75) is 71.6 Å². The van der Waals surface area contributed by atoms with Crippen LogP contribution in [0.25, 0.3) is 0 Å². The second kappa shape index (κ2) is 12.0. The molecule has 0 aromatic carbocycles. The van der Waals surface area contributed by atoms with Crippen LogP contribution in [0.1, 0.15) is 46.7 Å². The van der Waals surface area contributed by atoms with Gasteiger partial charge >= 0.3 is 5.97 Å². The maximum absolute atomic E-state index is 13.0. The average molecular weight is 439 g/mol. The summed E-state index contributed by atoms with van der Waals surface area (Å²) in [5.41, 5.74) is 6.21. The number of aromatic amines is 1. The van der Waals surface area contributed by atoms with Crippen LogP contribution in [0.15, 0.2) is 12.5 Å². The molecule has 31 heavy (non-hydrogen) atoms. The van der Waals surface area contributed by atoms with Crippen molar-refractivity contribution in [3.63, 3.8) is 0 Å². The molecule has 3 amide bonds. The van der Waals surface area contributed by atoms with Crippen molar-refractivity contribution in [3.8, 4) is 0 Å². The summed E-state index contributed by atoms with van der Waals surface area (Å²) in [5, 5.41) is 17.1. The number of H-pyrrole nitrogens is 1. The molecule has 7 N–H and O–H groups in total. The van der Waals surface area contributed by atoms with Crippen LogP contribution >= 0.6 is 0 Å². The number of aliphatic carboxylic acids is 1. The van der Waals surface area contributed by atoms with Gasteiger partial charge in [0, 0.05) is 18.3 Å². The third-order valence-electron chi connectivity index (χ3n) is 4.60. The van der Waals surface area contributed by atoms with Gasteiger partial charge in [0.2, 0.25) is 17.7 Å². The molecule has 4 unspecified atom stereocenters. The normalized spacial score (nSPS) is 15.1. The number of amides is 3. The van der Waals surface area contributed by atoms with Gasteiger partial charge in [-0.25, -0.2) is 9.78 Å². The van der Waals surface area contributed by atoms with E-state index in [4.69, 9.17) is 5.73 Å². The van der Waals surface area contributed by atoms with Crippen LogP contribution < -0.4 is 21.7 Å². The van der Waals surface area contributed by atoms with Crippen LogP contribution in [-0.4, -0.2) is 62.9 Å². The molecule has 174 valence electrons. The summed E-state index contributed by atoms with van der Waals surface area (Å²) in [4.78, 5) is 56.1. The highest BCUT2D eigenvalue weighted by molar-refractivity contribution is 5.94. The smallest absolute Gasteiger partial charge is 0.326 e. The average Bonchev–Trinajstić information content (AvgIpc) is 3.16. The number of nitrogens with one attached hydrogen (secondary N) is 4. The topological polar surface area (TPSA) is 179 Å². The number of imidazole rings is 1. The van der Waals surface area contributed by atoms with Crippen LogP contribution in [0.3, 0.4) is 0 Å². The van der Waals surface area contributed by atoms with Crippen molar-refractivity contribution >= 4 is 23.7 Å². The zero-order chi connectivity index (χ0) is 23.7. The molecule has 0 saturated carbocycles. The van der Waals surface area contributed by atoms with E-state index < -0.39 is 47.9 Å². The summed E-state index contributed by atoms with van der Waals surface area (Å²) in [5.74, 6) is -3.14. The largest absolute Gasteiger partial charge is 0.480 e. The van der Waals surface area contributed by atoms with E-state index >= 15 is 0 Å². The van der Waals surface area contributed by atoms with Gasteiger partial charge in [-0.15, -0.1) is 0 Å². The van der Waals surface area contributed by atoms with Gasteiger partial charge in [0.15, 0.2) is 0 Å². The maximum atomic E-state index is 13.0. The zero-order valence-corrected chi connectivity index (χ0v) is 18.6. The number of aromatic nitrogens is 2. The number of nitrogens with zero attached hydrogens (tertiary/aromatic N) is 1. The van der Waals surface area contributed by atoms with E-state index in [0.29, 0.717) is 12.1 Å². The Morgan fingerprint density at radius 3 is 2.03 bits per heavy atom. The number of carbonyl (C=O) groups excluding carboxylic acids is 3. The maximum Gasteiger partial charge on any atom is 0.326 e. The molecule has 0 aliphatic rings. The predicted molar refractivity (Wildman–Crippen MR) is 114 cm³/mol. The number of hydrogen-bond acceptors (Lipinski definition) is 6. The van der Waals surface area contributed by atoms with E-state index in [2.05, 4.69) is 25.9 Å². The highest BCUT2D eigenvalue weighted by atomic mass is 16.4. The van der Waals surface area contributed by atoms with Crippen LogP contribution in [0, 0.1) is 11.8 Å². The SMILES string of the molecule is CC(C)CC(NC(=O)C(Cc1cnc[nH]1)NC(=O)C(C)N)C(=O)NC(C(=O)O)C(C)C. The summed E-state index contributed by atoms with van der Waals surface area (Å²) in [6, 6.07) is -3.88. The molecule has 0 aliphatic heterocycles. The van der Waals surface area contributed by atoms with Crippen molar-refractivity contribution in [1.82, 2.24) is 25.9 Å². The molecular weight excluding hydrogens is 404 g/mol. The summed E-state index contributed by atoms with van der Waals surface area (Å²) in [6.45, 7) is 8.61. The Hall–Kier alpha value is -2.95. The summed E-state index contributed by atoms with van der Waals surface area (Å²) >= 11 is 0. The second-order valence-electron chi connectivity index (χ2n) is 8.39. The Morgan fingerprint density at radius 1 is 1.00 bits per heavy atom. The molecule has 0 spiro atoms. The number of nitrogens with two attached hydrogens (primary N) is 1. The molecule has 0 fully saturated rings. The second-order valence-corrected chi connectivity index (χ2v) is 8.39. The van der Waals surface area contributed by atoms with Crippen LogP contribution in [0.5, 0.6) is 0 Å². The minimum atomic E-state index is -1.15. The van der Waals surface area contributed by atoms with Gasteiger partial charge in [-0.05, 0) is 25.2 Å². The number of hydrogen-bond donors (Lipinski definition) is 6. The van der Waals surface area contributed by atoms with Gasteiger partial charge in [-0.1, -0.05) is 27.7 Å². The van der Waals surface area contributed by atoms with Gasteiger partial charge in [-0.2, -0.15) is 0 Å². The fourth-order valence-corrected chi connectivity index (χ4v) is 2.87. The van der Waals surface area contributed by atoms with Gasteiger partial charge in [0.25, 0.3) is 0 Å². The molecular formula is C20H34N6O5. The Morgan fingerprint density at radius 2 is 1.58 bits per heavy atom. The highest BCUT2D eigenvalue weighted by Gasteiger charge is 2.31. The van der Waals surface area contributed by atoms with Gasteiger partial charge in [0.1, 0.15) is 18.1 Å². The molecule has 0 radical (unpaired) electrons. The lowest BCUT2D eigenvalue weighted by Crippen LogP contribution is -2.58. The first kappa shape index (κ1) is 26.1. The van der Waals surface area contributed by atoms with Crippen molar-refractivity contribution in [1.29, 1.82) is 0 Å². The van der Waals surface area contributed by atoms with E-state index in [1.165, 1.54) is 19.4 Å². The molecule has 0 aliphatic carbocycles. The first-order valence-corrected chi connectivity index (χ1v) is 10.3. The van der Waals surface area contributed by atoms with Gasteiger partial charge < -0.3 is 31.8 Å². The lowest BCUT2D eigenvalue weighted by Gasteiger charge is -2.26. The van der Waals surface area contributed by atoms with Crippen molar-refractivity contribution < 1.29 is 24.3 Å². The molecule has 4 atom stereocenters. The molecule has 1 aromatic heterocycles. The number of carboxylic acids is 1. The molecule has 1 aromatic rings. The van der Waals surface area contributed by atoms with Crippen LogP contribution in [-0.2, 0) is 25.6 Å². The highest BCUT2D eigenvalue weighted by Crippen LogP contribution is 2.09. The molecule has 1 heterocycles. The summed E-state index contributed by atoms with van der Waals surface area (Å²) in [6.07, 6.45) is 3.38. The monoisotopic (exact) mass is 438 g/mol. The number of rotatable bonds is 12. The summed E-state index contributed by atoms with van der Waals surface area (Å²) < 4.78 is 0. The lowest BCUT2D eigenvalue weighted by molar-refractivity contribution is -0.143. The Balaban J connectivity index is 3.01. The summed E-state index contributed by atoms with van der Waals surface area (Å²) in [7, 11) is 0. The Bertz CT molecular complexity index is 747. The van der Waals surface area contributed by atoms with Crippen molar-refractivity contribution in [2.75, 3.05) is 0 Å². The Kier molecular flexibility index (Phi) is 10.1. The van der Waals surface area contributed by atoms with Gasteiger partial charge in [0.05, 0.1) is 12.4 Å². The van der Waals surface area contributed by atoms with Crippen molar-refractivity contribution in [3.05, 3.63) is 18.2 Å². The third-order valence-corrected chi connectivity index (χ3v) is 4.60. The number of carbonyl (C=O) groups is 4. The predicted octanol–water partition coefficient (Wildman–Crippen LogP) is -0.459. The van der Waals surface area contributed by atoms with E-state index in [1.54, 1.807) is 13.8 Å². The minimum absolute atomic E-state index is 0.0445. The first-order chi connectivity index (χ1) is 14.4. The minimum Gasteiger partial charge on any atom is -0.480 e. The Labute approximate surface area is 181 Å². The van der Waals surface area contributed by atoms with Crippen LogP contribution in [0.2, 0.25) is 0 Å². The lowest BCUT2D eigenvalue weighted by atomic mass is 10.00.